The van der Waals surface area contributed by atoms with Gasteiger partial charge in [-0.15, -0.1) is 11.3 Å². The van der Waals surface area contributed by atoms with Gasteiger partial charge >= 0.3 is 6.09 Å². The number of carbonyl (C=O) groups excluding carboxylic acids is 2. The van der Waals surface area contributed by atoms with Crippen molar-refractivity contribution in [2.75, 3.05) is 31.5 Å². The molecule has 2 amide bonds. The van der Waals surface area contributed by atoms with Gasteiger partial charge in [0.15, 0.2) is 0 Å². The smallest absolute Gasteiger partial charge is 0.412 e. The monoisotopic (exact) mass is 402 g/mol. The van der Waals surface area contributed by atoms with Crippen molar-refractivity contribution in [3.8, 4) is 0 Å². The van der Waals surface area contributed by atoms with E-state index in [0.717, 1.165) is 32.7 Å². The SMILES string of the molecule is CC(C)(C)OC(=O)Nc1cccc(C(=O)N2CC[NH+](Cc3cccs3)CC2)c1. The Morgan fingerprint density at radius 3 is 2.57 bits per heavy atom. The largest absolute Gasteiger partial charge is 0.444 e. The Labute approximate surface area is 170 Å². The van der Waals surface area contributed by atoms with Gasteiger partial charge in [-0.2, -0.15) is 0 Å². The first kappa shape index (κ1) is 20.4. The highest BCUT2D eigenvalue weighted by molar-refractivity contribution is 7.09. The molecule has 0 saturated carbocycles. The number of hydrogen-bond donors (Lipinski definition) is 2. The number of quaternary nitrogens is 1. The van der Waals surface area contributed by atoms with Crippen LogP contribution in [0.2, 0.25) is 0 Å². The van der Waals surface area contributed by atoms with E-state index in [1.165, 1.54) is 9.78 Å². The lowest BCUT2D eigenvalue weighted by Crippen LogP contribution is -3.13. The number of nitrogens with zero attached hydrogens (tertiary/aromatic N) is 1. The molecule has 3 rings (SSSR count). The second-order valence-corrected chi connectivity index (χ2v) is 9.04. The molecule has 2 aromatic rings. The Morgan fingerprint density at radius 2 is 1.93 bits per heavy atom. The van der Waals surface area contributed by atoms with E-state index in [0.29, 0.717) is 11.3 Å². The quantitative estimate of drug-likeness (QED) is 0.826. The normalized spacial score (nSPS) is 15.3. The molecule has 1 aromatic heterocycles. The minimum Gasteiger partial charge on any atom is -0.444 e. The van der Waals surface area contributed by atoms with Crippen LogP contribution in [0.25, 0.3) is 0 Å². The van der Waals surface area contributed by atoms with Crippen LogP contribution in [0.3, 0.4) is 0 Å². The van der Waals surface area contributed by atoms with Gasteiger partial charge in [-0.25, -0.2) is 4.79 Å². The van der Waals surface area contributed by atoms with Crippen LogP contribution in [0.5, 0.6) is 0 Å². The maximum absolute atomic E-state index is 12.9. The summed E-state index contributed by atoms with van der Waals surface area (Å²) in [6.07, 6.45) is -0.525. The van der Waals surface area contributed by atoms with Gasteiger partial charge in [0, 0.05) is 11.3 Å². The summed E-state index contributed by atoms with van der Waals surface area (Å²) < 4.78 is 5.27. The van der Waals surface area contributed by atoms with Gasteiger partial charge in [0.2, 0.25) is 0 Å². The van der Waals surface area contributed by atoms with Gasteiger partial charge in [0.1, 0.15) is 12.1 Å². The average Bonchev–Trinajstić information content (AvgIpc) is 3.13. The van der Waals surface area contributed by atoms with Crippen molar-refractivity contribution in [1.82, 2.24) is 4.90 Å². The van der Waals surface area contributed by atoms with Crippen LogP contribution in [-0.2, 0) is 11.3 Å². The summed E-state index contributed by atoms with van der Waals surface area (Å²) in [5, 5.41) is 4.80. The van der Waals surface area contributed by atoms with E-state index in [-0.39, 0.29) is 5.91 Å². The summed E-state index contributed by atoms with van der Waals surface area (Å²) in [7, 11) is 0. The number of ether oxygens (including phenoxy) is 1. The minimum absolute atomic E-state index is 0.00279. The van der Waals surface area contributed by atoms with E-state index < -0.39 is 11.7 Å². The van der Waals surface area contributed by atoms with Crippen LogP contribution in [0, 0.1) is 0 Å². The third-order valence-electron chi connectivity index (χ3n) is 4.52. The van der Waals surface area contributed by atoms with Crippen LogP contribution in [0.15, 0.2) is 41.8 Å². The van der Waals surface area contributed by atoms with Crippen molar-refractivity contribution in [3.63, 3.8) is 0 Å². The number of thiophene rings is 1. The summed E-state index contributed by atoms with van der Waals surface area (Å²) in [5.74, 6) is 0.00279. The van der Waals surface area contributed by atoms with Crippen LogP contribution in [-0.4, -0.2) is 48.7 Å². The summed E-state index contributed by atoms with van der Waals surface area (Å²) in [6.45, 7) is 9.83. The number of nitrogens with one attached hydrogen (secondary N) is 2. The Balaban J connectivity index is 1.55. The van der Waals surface area contributed by atoms with Gasteiger partial charge < -0.3 is 14.5 Å². The Bertz CT molecular complexity index is 807. The van der Waals surface area contributed by atoms with Gasteiger partial charge in [-0.1, -0.05) is 12.1 Å². The lowest BCUT2D eigenvalue weighted by Gasteiger charge is -2.32. The zero-order chi connectivity index (χ0) is 20.1. The molecule has 0 atom stereocenters. The second kappa shape index (κ2) is 8.75. The first-order valence-corrected chi connectivity index (χ1v) is 10.4. The number of carbonyl (C=O) groups is 2. The summed E-state index contributed by atoms with van der Waals surface area (Å²) in [5.41, 5.74) is 0.570. The molecule has 1 fully saturated rings. The van der Waals surface area contributed by atoms with Gasteiger partial charge in [0.25, 0.3) is 5.91 Å². The molecule has 1 aliphatic rings. The molecule has 2 heterocycles. The molecular formula is C21H28N3O3S+. The Morgan fingerprint density at radius 1 is 1.18 bits per heavy atom. The van der Waals surface area contributed by atoms with E-state index in [1.54, 1.807) is 35.6 Å². The molecule has 1 aliphatic heterocycles. The molecule has 0 radical (unpaired) electrons. The van der Waals surface area contributed by atoms with Crippen molar-refractivity contribution >= 4 is 29.0 Å². The molecule has 28 heavy (non-hydrogen) atoms. The number of benzene rings is 1. The van der Waals surface area contributed by atoms with Crippen molar-refractivity contribution in [2.24, 2.45) is 0 Å². The molecular weight excluding hydrogens is 374 g/mol. The highest BCUT2D eigenvalue weighted by Gasteiger charge is 2.25. The lowest BCUT2D eigenvalue weighted by molar-refractivity contribution is -0.917. The highest BCUT2D eigenvalue weighted by atomic mass is 32.1. The number of amides is 2. The average molecular weight is 403 g/mol. The predicted octanol–water partition coefficient (Wildman–Crippen LogP) is 2.64. The molecule has 0 spiro atoms. The highest BCUT2D eigenvalue weighted by Crippen LogP contribution is 2.15. The summed E-state index contributed by atoms with van der Waals surface area (Å²) >= 11 is 1.78. The first-order valence-electron chi connectivity index (χ1n) is 9.55. The Hall–Kier alpha value is -2.38. The van der Waals surface area contributed by atoms with Crippen molar-refractivity contribution in [2.45, 2.75) is 32.9 Å². The van der Waals surface area contributed by atoms with Crippen molar-refractivity contribution in [1.29, 1.82) is 0 Å². The fourth-order valence-corrected chi connectivity index (χ4v) is 3.97. The third kappa shape index (κ3) is 5.81. The maximum atomic E-state index is 12.9. The number of anilines is 1. The molecule has 7 heteroatoms. The fourth-order valence-electron chi connectivity index (χ4n) is 3.20. The third-order valence-corrected chi connectivity index (χ3v) is 5.39. The Kier molecular flexibility index (Phi) is 6.36. The zero-order valence-corrected chi connectivity index (χ0v) is 17.5. The molecule has 6 nitrogen and oxygen atoms in total. The second-order valence-electron chi connectivity index (χ2n) is 8.01. The fraction of sp³-hybridized carbons (Fsp3) is 0.429. The van der Waals surface area contributed by atoms with E-state index in [2.05, 4.69) is 22.8 Å². The summed E-state index contributed by atoms with van der Waals surface area (Å²) in [4.78, 5) is 29.6. The van der Waals surface area contributed by atoms with E-state index in [9.17, 15) is 9.59 Å². The van der Waals surface area contributed by atoms with E-state index >= 15 is 0 Å². The topological polar surface area (TPSA) is 63.1 Å². The van der Waals surface area contributed by atoms with Crippen LogP contribution < -0.4 is 10.2 Å². The molecule has 0 aliphatic carbocycles. The molecule has 1 saturated heterocycles. The van der Waals surface area contributed by atoms with E-state index in [1.807, 2.05) is 25.7 Å². The molecule has 150 valence electrons. The maximum Gasteiger partial charge on any atom is 0.412 e. The summed E-state index contributed by atoms with van der Waals surface area (Å²) in [6, 6.07) is 11.3. The molecule has 1 aromatic carbocycles. The molecule has 0 unspecified atom stereocenters. The van der Waals surface area contributed by atoms with Gasteiger partial charge in [-0.05, 0) is 50.4 Å². The predicted molar refractivity (Wildman–Crippen MR) is 111 cm³/mol. The minimum atomic E-state index is -0.567. The molecule has 0 bridgehead atoms. The standard InChI is InChI=1S/C21H27N3O3S/c1-21(2,3)27-20(26)22-17-7-4-6-16(14-17)19(25)24-11-9-23(10-12-24)15-18-8-5-13-28-18/h4-8,13-14H,9-12,15H2,1-3H3,(H,22,26)/p+1. The number of piperazine rings is 1. The van der Waals surface area contributed by atoms with Crippen LogP contribution in [0.1, 0.15) is 36.0 Å². The van der Waals surface area contributed by atoms with Crippen LogP contribution in [0.4, 0.5) is 10.5 Å². The molecule has 2 N–H and O–H groups in total. The van der Waals surface area contributed by atoms with Crippen LogP contribution >= 0.6 is 11.3 Å². The van der Waals surface area contributed by atoms with E-state index in [4.69, 9.17) is 4.74 Å². The van der Waals surface area contributed by atoms with Crippen molar-refractivity contribution in [3.05, 3.63) is 52.2 Å². The number of rotatable bonds is 4. The van der Waals surface area contributed by atoms with Gasteiger partial charge in [-0.3, -0.25) is 10.1 Å². The number of hydrogen-bond acceptors (Lipinski definition) is 4. The van der Waals surface area contributed by atoms with Crippen molar-refractivity contribution < 1.29 is 19.2 Å². The zero-order valence-electron chi connectivity index (χ0n) is 16.7. The first-order chi connectivity index (χ1) is 13.3. The van der Waals surface area contributed by atoms with Gasteiger partial charge in [0.05, 0.1) is 31.1 Å². The lowest BCUT2D eigenvalue weighted by atomic mass is 10.1.